The van der Waals surface area contributed by atoms with Crippen LogP contribution in [0, 0.1) is 5.92 Å². The Bertz CT molecular complexity index is 408. The molecule has 106 valence electrons. The molecule has 0 fully saturated rings. The molecule has 0 saturated heterocycles. The molecule has 0 heterocycles. The molecule has 1 N–H and O–H groups in total. The maximum Gasteiger partial charge on any atom is 0.311 e. The van der Waals surface area contributed by atoms with Crippen LogP contribution < -0.4 is 0 Å². The molecule has 0 amide bonds. The highest BCUT2D eigenvalue weighted by atomic mass is 16.4. The normalized spacial score (nSPS) is 13.6. The third-order valence-electron chi connectivity index (χ3n) is 3.92. The van der Waals surface area contributed by atoms with E-state index in [2.05, 4.69) is 46.8 Å². The fraction of sp³-hybridized carbons (Fsp3) is 0.588. The molecule has 1 aromatic rings. The summed E-state index contributed by atoms with van der Waals surface area (Å²) >= 11 is 0. The average Bonchev–Trinajstić information content (AvgIpc) is 2.34. The van der Waals surface area contributed by atoms with Crippen LogP contribution in [0.1, 0.15) is 64.5 Å². The van der Waals surface area contributed by atoms with Crippen molar-refractivity contribution in [1.82, 2.24) is 0 Å². The fourth-order valence-corrected chi connectivity index (χ4v) is 2.57. The summed E-state index contributed by atoms with van der Waals surface area (Å²) in [4.78, 5) is 11.5. The predicted octanol–water partition coefficient (Wildman–Crippen LogP) is 4.59. The second kappa shape index (κ2) is 6.23. The summed E-state index contributed by atoms with van der Waals surface area (Å²) in [5.74, 6) is -0.890. The first-order chi connectivity index (χ1) is 8.81. The molecule has 0 aliphatic heterocycles. The molecule has 1 rings (SSSR count). The number of carbonyl (C=O) groups is 1. The number of aliphatic carboxylic acids is 1. The lowest BCUT2D eigenvalue weighted by Gasteiger charge is -2.24. The summed E-state index contributed by atoms with van der Waals surface area (Å²) in [7, 11) is 0. The van der Waals surface area contributed by atoms with Gasteiger partial charge < -0.3 is 5.11 Å². The molecular weight excluding hydrogens is 236 g/mol. The summed E-state index contributed by atoms with van der Waals surface area (Å²) in [5, 5.41) is 9.49. The van der Waals surface area contributed by atoms with Gasteiger partial charge in [-0.2, -0.15) is 0 Å². The van der Waals surface area contributed by atoms with Crippen molar-refractivity contribution in [3.05, 3.63) is 35.4 Å². The van der Waals surface area contributed by atoms with Crippen molar-refractivity contribution in [3.63, 3.8) is 0 Å². The van der Waals surface area contributed by atoms with Gasteiger partial charge in [-0.15, -0.1) is 0 Å². The molecular formula is C17H26O2. The van der Waals surface area contributed by atoms with Gasteiger partial charge in [0.25, 0.3) is 0 Å². The maximum atomic E-state index is 11.5. The van der Waals surface area contributed by atoms with Crippen LogP contribution in [0.2, 0.25) is 0 Å². The number of carboxylic acid groups (broad SMARTS) is 1. The Morgan fingerprint density at radius 2 is 1.58 bits per heavy atom. The van der Waals surface area contributed by atoms with Crippen LogP contribution in [-0.2, 0) is 10.2 Å². The van der Waals surface area contributed by atoms with Crippen LogP contribution in [-0.4, -0.2) is 11.1 Å². The molecule has 0 aliphatic carbocycles. The molecule has 1 aromatic carbocycles. The van der Waals surface area contributed by atoms with Gasteiger partial charge in [0.2, 0.25) is 0 Å². The van der Waals surface area contributed by atoms with E-state index in [1.807, 2.05) is 12.1 Å². The SMILES string of the molecule is CCC(CC)C(C(=O)O)c1ccc(C(C)(C)C)cc1. The van der Waals surface area contributed by atoms with E-state index in [1.165, 1.54) is 5.56 Å². The third-order valence-corrected chi connectivity index (χ3v) is 3.92. The van der Waals surface area contributed by atoms with Crippen molar-refractivity contribution < 1.29 is 9.90 Å². The standard InChI is InChI=1S/C17H26O2/c1-6-12(7-2)15(16(18)19)13-8-10-14(11-9-13)17(3,4)5/h8-12,15H,6-7H2,1-5H3,(H,18,19). The first-order valence-corrected chi connectivity index (χ1v) is 7.14. The van der Waals surface area contributed by atoms with Gasteiger partial charge in [0.05, 0.1) is 5.92 Å². The lowest BCUT2D eigenvalue weighted by Crippen LogP contribution is -2.21. The molecule has 1 atom stereocenters. The van der Waals surface area contributed by atoms with E-state index in [-0.39, 0.29) is 17.3 Å². The van der Waals surface area contributed by atoms with Gasteiger partial charge in [-0.25, -0.2) is 0 Å². The monoisotopic (exact) mass is 262 g/mol. The van der Waals surface area contributed by atoms with Gasteiger partial charge >= 0.3 is 5.97 Å². The van der Waals surface area contributed by atoms with Crippen molar-refractivity contribution in [2.45, 2.75) is 58.8 Å². The first kappa shape index (κ1) is 15.7. The van der Waals surface area contributed by atoms with E-state index < -0.39 is 5.97 Å². The Morgan fingerprint density at radius 1 is 1.11 bits per heavy atom. The minimum absolute atomic E-state index is 0.103. The zero-order valence-electron chi connectivity index (χ0n) is 12.7. The lowest BCUT2D eigenvalue weighted by atomic mass is 9.80. The Hall–Kier alpha value is -1.31. The molecule has 1 unspecified atom stereocenters. The van der Waals surface area contributed by atoms with E-state index >= 15 is 0 Å². The summed E-state index contributed by atoms with van der Waals surface area (Å²) in [6.07, 6.45) is 1.79. The molecule has 0 aromatic heterocycles. The Labute approximate surface area is 116 Å². The highest BCUT2D eigenvalue weighted by Gasteiger charge is 2.27. The van der Waals surface area contributed by atoms with Crippen LogP contribution in [0.3, 0.4) is 0 Å². The minimum atomic E-state index is -0.711. The van der Waals surface area contributed by atoms with Crippen molar-refractivity contribution in [2.75, 3.05) is 0 Å². The Kier molecular flexibility index (Phi) is 5.16. The van der Waals surface area contributed by atoms with E-state index in [0.29, 0.717) is 0 Å². The first-order valence-electron chi connectivity index (χ1n) is 7.14. The van der Waals surface area contributed by atoms with Gasteiger partial charge in [-0.1, -0.05) is 71.7 Å². The number of hydrogen-bond donors (Lipinski definition) is 1. The number of benzene rings is 1. The Morgan fingerprint density at radius 3 is 1.89 bits per heavy atom. The van der Waals surface area contributed by atoms with E-state index in [1.54, 1.807) is 0 Å². The summed E-state index contributed by atoms with van der Waals surface area (Å²) in [6.45, 7) is 10.6. The van der Waals surface area contributed by atoms with Crippen LogP contribution in [0.15, 0.2) is 24.3 Å². The predicted molar refractivity (Wildman–Crippen MR) is 79.6 cm³/mol. The number of hydrogen-bond acceptors (Lipinski definition) is 1. The molecule has 0 spiro atoms. The zero-order chi connectivity index (χ0) is 14.6. The molecule has 0 saturated carbocycles. The van der Waals surface area contributed by atoms with Crippen LogP contribution >= 0.6 is 0 Å². The highest BCUT2D eigenvalue weighted by molar-refractivity contribution is 5.76. The third kappa shape index (κ3) is 3.82. The van der Waals surface area contributed by atoms with Crippen molar-refractivity contribution in [1.29, 1.82) is 0 Å². The van der Waals surface area contributed by atoms with E-state index in [4.69, 9.17) is 0 Å². The molecule has 0 aliphatic rings. The highest BCUT2D eigenvalue weighted by Crippen LogP contribution is 2.31. The molecule has 0 bridgehead atoms. The van der Waals surface area contributed by atoms with Gasteiger partial charge in [0, 0.05) is 0 Å². The van der Waals surface area contributed by atoms with E-state index in [9.17, 15) is 9.90 Å². The van der Waals surface area contributed by atoms with Gasteiger partial charge in [0.15, 0.2) is 0 Å². The van der Waals surface area contributed by atoms with Crippen molar-refractivity contribution >= 4 is 5.97 Å². The van der Waals surface area contributed by atoms with Crippen molar-refractivity contribution in [3.8, 4) is 0 Å². The van der Waals surface area contributed by atoms with Gasteiger partial charge in [0.1, 0.15) is 0 Å². The largest absolute Gasteiger partial charge is 0.481 e. The number of rotatable bonds is 5. The topological polar surface area (TPSA) is 37.3 Å². The lowest BCUT2D eigenvalue weighted by molar-refractivity contribution is -0.140. The van der Waals surface area contributed by atoms with Gasteiger partial charge in [-0.3, -0.25) is 4.79 Å². The molecule has 0 radical (unpaired) electrons. The van der Waals surface area contributed by atoms with Crippen molar-refractivity contribution in [2.24, 2.45) is 5.92 Å². The quantitative estimate of drug-likeness (QED) is 0.842. The summed E-state index contributed by atoms with van der Waals surface area (Å²) < 4.78 is 0. The Balaban J connectivity index is 3.08. The van der Waals surface area contributed by atoms with Gasteiger partial charge in [-0.05, 0) is 22.5 Å². The summed E-state index contributed by atoms with van der Waals surface area (Å²) in [6, 6.07) is 8.09. The smallest absolute Gasteiger partial charge is 0.311 e. The second-order valence-corrected chi connectivity index (χ2v) is 6.26. The fourth-order valence-electron chi connectivity index (χ4n) is 2.57. The molecule has 2 heteroatoms. The van der Waals surface area contributed by atoms with E-state index in [0.717, 1.165) is 18.4 Å². The van der Waals surface area contributed by atoms with Crippen LogP contribution in [0.4, 0.5) is 0 Å². The van der Waals surface area contributed by atoms with Crippen LogP contribution in [0.25, 0.3) is 0 Å². The second-order valence-electron chi connectivity index (χ2n) is 6.26. The molecule has 19 heavy (non-hydrogen) atoms. The zero-order valence-corrected chi connectivity index (χ0v) is 12.7. The maximum absolute atomic E-state index is 11.5. The summed E-state index contributed by atoms with van der Waals surface area (Å²) in [5.41, 5.74) is 2.27. The number of carboxylic acids is 1. The average molecular weight is 262 g/mol. The molecule has 2 nitrogen and oxygen atoms in total. The minimum Gasteiger partial charge on any atom is -0.481 e. The van der Waals surface area contributed by atoms with Crippen LogP contribution in [0.5, 0.6) is 0 Å².